The molecule has 1 N–H and O–H groups in total. The van der Waals surface area contributed by atoms with E-state index in [0.717, 1.165) is 64.5 Å². The van der Waals surface area contributed by atoms with Crippen molar-refractivity contribution in [2.45, 2.75) is 56.9 Å². The predicted octanol–water partition coefficient (Wildman–Crippen LogP) is 1.14. The molecule has 25 heavy (non-hydrogen) atoms. The van der Waals surface area contributed by atoms with E-state index in [4.69, 9.17) is 0 Å². The fraction of sp³-hybridized carbons (Fsp3) is 0.833. The zero-order valence-corrected chi connectivity index (χ0v) is 14.8. The van der Waals surface area contributed by atoms with Gasteiger partial charge in [-0.25, -0.2) is 9.69 Å². The van der Waals surface area contributed by atoms with Gasteiger partial charge >= 0.3 is 6.03 Å². The Hall–Kier alpha value is -1.63. The average Bonchev–Trinajstić information content (AvgIpc) is 3.44. The van der Waals surface area contributed by atoms with Gasteiger partial charge in [0.2, 0.25) is 5.91 Å². The van der Waals surface area contributed by atoms with Crippen LogP contribution in [0.1, 0.15) is 51.4 Å². The predicted molar refractivity (Wildman–Crippen MR) is 91.6 cm³/mol. The van der Waals surface area contributed by atoms with Crippen LogP contribution in [-0.4, -0.2) is 70.9 Å². The molecular weight excluding hydrogens is 320 g/mol. The van der Waals surface area contributed by atoms with Gasteiger partial charge < -0.3 is 10.2 Å². The van der Waals surface area contributed by atoms with E-state index in [1.54, 1.807) is 0 Å². The summed E-state index contributed by atoms with van der Waals surface area (Å²) in [7, 11) is 0. The first-order chi connectivity index (χ1) is 12.1. The summed E-state index contributed by atoms with van der Waals surface area (Å²) in [6.07, 6.45) is 7.87. The Balaban J connectivity index is 1.34. The van der Waals surface area contributed by atoms with Gasteiger partial charge in [0, 0.05) is 32.1 Å². The molecule has 2 aliphatic carbocycles. The zero-order valence-electron chi connectivity index (χ0n) is 14.8. The van der Waals surface area contributed by atoms with Crippen LogP contribution in [-0.2, 0) is 9.59 Å². The third-order valence-electron chi connectivity index (χ3n) is 6.15. The molecule has 0 aromatic rings. The third kappa shape index (κ3) is 3.26. The minimum absolute atomic E-state index is 0.0455. The first-order valence-corrected chi connectivity index (χ1v) is 9.74. The quantitative estimate of drug-likeness (QED) is 0.777. The smallest absolute Gasteiger partial charge is 0.326 e. The fourth-order valence-electron chi connectivity index (χ4n) is 4.37. The number of urea groups is 1. The molecule has 0 aromatic heterocycles. The number of carbonyl (C=O) groups is 3. The standard InChI is InChI=1S/C18H28N4O3/c23-15(14-5-6-14)21-11-9-20(10-12-21)13-22-16(24)18(19-17(22)25)7-3-1-2-4-8-18/h14H,1-13H2,(H,19,25). The number of imide groups is 1. The molecule has 2 saturated heterocycles. The van der Waals surface area contributed by atoms with E-state index in [-0.39, 0.29) is 23.8 Å². The van der Waals surface area contributed by atoms with Crippen LogP contribution in [0.4, 0.5) is 4.79 Å². The molecule has 7 nitrogen and oxygen atoms in total. The van der Waals surface area contributed by atoms with Crippen molar-refractivity contribution in [3.05, 3.63) is 0 Å². The monoisotopic (exact) mass is 348 g/mol. The first kappa shape index (κ1) is 16.8. The molecule has 0 aromatic carbocycles. The second kappa shape index (κ2) is 6.59. The SMILES string of the molecule is O=C(C1CC1)N1CCN(CN2C(=O)NC3(CCCCCC3)C2=O)CC1. The van der Waals surface area contributed by atoms with E-state index in [1.165, 1.54) is 4.90 Å². The first-order valence-electron chi connectivity index (χ1n) is 9.74. The fourth-order valence-corrected chi connectivity index (χ4v) is 4.37. The molecular formula is C18H28N4O3. The summed E-state index contributed by atoms with van der Waals surface area (Å²) < 4.78 is 0. The van der Waals surface area contributed by atoms with Gasteiger partial charge in [0.05, 0.1) is 6.67 Å². The van der Waals surface area contributed by atoms with E-state index in [9.17, 15) is 14.4 Å². The van der Waals surface area contributed by atoms with E-state index in [1.807, 2.05) is 4.90 Å². The van der Waals surface area contributed by atoms with Crippen molar-refractivity contribution >= 4 is 17.8 Å². The second-order valence-electron chi connectivity index (χ2n) is 8.02. The lowest BCUT2D eigenvalue weighted by atomic mass is 9.90. The largest absolute Gasteiger partial charge is 0.340 e. The maximum absolute atomic E-state index is 12.9. The van der Waals surface area contributed by atoms with Crippen LogP contribution in [0.3, 0.4) is 0 Å². The number of carbonyl (C=O) groups excluding carboxylic acids is 3. The van der Waals surface area contributed by atoms with Crippen molar-refractivity contribution < 1.29 is 14.4 Å². The molecule has 4 amide bonds. The van der Waals surface area contributed by atoms with Crippen LogP contribution >= 0.6 is 0 Å². The van der Waals surface area contributed by atoms with Crippen LogP contribution < -0.4 is 5.32 Å². The summed E-state index contributed by atoms with van der Waals surface area (Å²) in [4.78, 5) is 42.9. The number of piperazine rings is 1. The summed E-state index contributed by atoms with van der Waals surface area (Å²) in [5.74, 6) is 0.496. The number of rotatable bonds is 3. The van der Waals surface area contributed by atoms with Gasteiger partial charge in [-0.2, -0.15) is 0 Å². The van der Waals surface area contributed by atoms with Crippen molar-refractivity contribution in [1.82, 2.24) is 20.0 Å². The zero-order chi connectivity index (χ0) is 17.4. The van der Waals surface area contributed by atoms with Crippen molar-refractivity contribution in [1.29, 1.82) is 0 Å². The van der Waals surface area contributed by atoms with Gasteiger partial charge in [-0.3, -0.25) is 14.5 Å². The van der Waals surface area contributed by atoms with E-state index >= 15 is 0 Å². The highest BCUT2D eigenvalue weighted by Crippen LogP contribution is 2.33. The molecule has 2 aliphatic heterocycles. The van der Waals surface area contributed by atoms with Gasteiger partial charge in [0.25, 0.3) is 5.91 Å². The Labute approximate surface area is 148 Å². The maximum Gasteiger partial charge on any atom is 0.326 e. The maximum atomic E-state index is 12.9. The van der Waals surface area contributed by atoms with Crippen molar-refractivity contribution in [3.8, 4) is 0 Å². The summed E-state index contributed by atoms with van der Waals surface area (Å²) in [6, 6.07) is -0.247. The molecule has 2 saturated carbocycles. The summed E-state index contributed by atoms with van der Waals surface area (Å²) in [6.45, 7) is 3.19. The molecule has 7 heteroatoms. The lowest BCUT2D eigenvalue weighted by Gasteiger charge is -2.36. The Morgan fingerprint density at radius 2 is 1.64 bits per heavy atom. The van der Waals surface area contributed by atoms with E-state index in [0.29, 0.717) is 19.8 Å². The van der Waals surface area contributed by atoms with Gasteiger partial charge in [0.15, 0.2) is 0 Å². The molecule has 4 rings (SSSR count). The second-order valence-corrected chi connectivity index (χ2v) is 8.02. The molecule has 4 fully saturated rings. The van der Waals surface area contributed by atoms with Gasteiger partial charge in [-0.15, -0.1) is 0 Å². The number of nitrogens with one attached hydrogen (secondary N) is 1. The van der Waals surface area contributed by atoms with Crippen LogP contribution in [0.5, 0.6) is 0 Å². The number of hydrogen-bond acceptors (Lipinski definition) is 4. The highest BCUT2D eigenvalue weighted by molar-refractivity contribution is 6.07. The van der Waals surface area contributed by atoms with Crippen LogP contribution in [0.25, 0.3) is 0 Å². The molecule has 138 valence electrons. The summed E-state index contributed by atoms with van der Waals surface area (Å²) in [5.41, 5.74) is -0.655. The highest BCUT2D eigenvalue weighted by atomic mass is 16.2. The normalized spacial score (nSPS) is 27.5. The molecule has 1 spiro atoms. The van der Waals surface area contributed by atoms with E-state index < -0.39 is 5.54 Å². The van der Waals surface area contributed by atoms with Crippen LogP contribution in [0.15, 0.2) is 0 Å². The summed E-state index contributed by atoms with van der Waals surface area (Å²) >= 11 is 0. The summed E-state index contributed by atoms with van der Waals surface area (Å²) in [5, 5.41) is 3.00. The van der Waals surface area contributed by atoms with Gasteiger partial charge in [-0.1, -0.05) is 25.7 Å². The Bertz CT molecular complexity index is 559. The molecule has 0 unspecified atom stereocenters. The van der Waals surface area contributed by atoms with Gasteiger partial charge in [-0.05, 0) is 25.7 Å². The average molecular weight is 348 g/mol. The number of nitrogens with zero attached hydrogens (tertiary/aromatic N) is 3. The van der Waals surface area contributed by atoms with Crippen LogP contribution in [0.2, 0.25) is 0 Å². The number of hydrogen-bond donors (Lipinski definition) is 1. The molecule has 0 bridgehead atoms. The number of amides is 4. The Morgan fingerprint density at radius 1 is 1.00 bits per heavy atom. The minimum Gasteiger partial charge on any atom is -0.340 e. The molecule has 2 heterocycles. The minimum atomic E-state index is -0.655. The van der Waals surface area contributed by atoms with Crippen LogP contribution in [0, 0.1) is 5.92 Å². The van der Waals surface area contributed by atoms with Crippen molar-refractivity contribution in [2.24, 2.45) is 5.92 Å². The topological polar surface area (TPSA) is 73.0 Å². The van der Waals surface area contributed by atoms with E-state index in [2.05, 4.69) is 10.2 Å². The molecule has 0 radical (unpaired) electrons. The Kier molecular flexibility index (Phi) is 4.43. The van der Waals surface area contributed by atoms with Crippen molar-refractivity contribution in [2.75, 3.05) is 32.8 Å². The van der Waals surface area contributed by atoms with Crippen molar-refractivity contribution in [3.63, 3.8) is 0 Å². The van der Waals surface area contributed by atoms with Gasteiger partial charge in [0.1, 0.15) is 5.54 Å². The molecule has 0 atom stereocenters. The molecule has 4 aliphatic rings. The highest BCUT2D eigenvalue weighted by Gasteiger charge is 2.51. The lowest BCUT2D eigenvalue weighted by Crippen LogP contribution is -2.53. The third-order valence-corrected chi connectivity index (χ3v) is 6.15. The Morgan fingerprint density at radius 3 is 2.24 bits per heavy atom. The lowest BCUT2D eigenvalue weighted by molar-refractivity contribution is -0.137.